The van der Waals surface area contributed by atoms with Gasteiger partial charge in [-0.25, -0.2) is 13.6 Å². The summed E-state index contributed by atoms with van der Waals surface area (Å²) in [5.74, 6) is -2.18. The van der Waals surface area contributed by atoms with E-state index in [0.717, 1.165) is 6.20 Å². The number of carbonyl (C=O) groups is 2. The maximum Gasteiger partial charge on any atom is 0.407 e. The molecule has 236 valence electrons. The molecule has 14 heteroatoms. The standard InChI is InChI=1S/C30H30ClF5N4O4/c31-19-6-4-18(5-7-19)24(22-10-11-37-14-26(22)33)12-28(41)40-27-3-1-2-25(32)23(27)9-8-21-13-38-20(15-43-21)16-44-29(42)39-17-30(34,35)36/h1-7,10-11,14,20-21,24,38H,8-9,12-13,15-17H2,(H,39,42)(H,40,41)/t20-,21+,24-/m0/s1. The van der Waals surface area contributed by atoms with E-state index in [0.29, 0.717) is 23.6 Å². The van der Waals surface area contributed by atoms with Crippen LogP contribution in [0.15, 0.2) is 60.9 Å². The summed E-state index contributed by atoms with van der Waals surface area (Å²) >= 11 is 6.02. The Labute approximate surface area is 255 Å². The summed E-state index contributed by atoms with van der Waals surface area (Å²) in [6, 6.07) is 12.1. The lowest BCUT2D eigenvalue weighted by molar-refractivity contribution is -0.124. The molecule has 2 amide bonds. The Bertz CT molecular complexity index is 1420. The van der Waals surface area contributed by atoms with Crippen LogP contribution in [0.5, 0.6) is 0 Å². The highest BCUT2D eigenvalue weighted by Gasteiger charge is 2.29. The Hall–Kier alpha value is -3.81. The van der Waals surface area contributed by atoms with Crippen LogP contribution >= 0.6 is 11.6 Å². The molecule has 0 saturated carbocycles. The highest BCUT2D eigenvalue weighted by molar-refractivity contribution is 6.30. The van der Waals surface area contributed by atoms with E-state index < -0.39 is 48.3 Å². The predicted molar refractivity (Wildman–Crippen MR) is 152 cm³/mol. The first-order chi connectivity index (χ1) is 21.0. The van der Waals surface area contributed by atoms with Crippen LogP contribution < -0.4 is 16.0 Å². The number of amides is 2. The molecule has 0 unspecified atom stereocenters. The molecule has 8 nitrogen and oxygen atoms in total. The first-order valence-corrected chi connectivity index (χ1v) is 14.1. The summed E-state index contributed by atoms with van der Waals surface area (Å²) in [4.78, 5) is 28.4. The van der Waals surface area contributed by atoms with Crippen LogP contribution in [0, 0.1) is 11.6 Å². The fraction of sp³-hybridized carbons (Fsp3) is 0.367. The van der Waals surface area contributed by atoms with Gasteiger partial charge in [-0.05, 0) is 54.3 Å². The molecular formula is C30H30ClF5N4O4. The van der Waals surface area contributed by atoms with Crippen molar-refractivity contribution in [2.24, 2.45) is 0 Å². The number of anilines is 1. The van der Waals surface area contributed by atoms with E-state index in [1.807, 2.05) is 0 Å². The normalized spacial score (nSPS) is 17.5. The van der Waals surface area contributed by atoms with Crippen molar-refractivity contribution in [1.29, 1.82) is 0 Å². The van der Waals surface area contributed by atoms with Crippen molar-refractivity contribution >= 4 is 29.3 Å². The van der Waals surface area contributed by atoms with E-state index in [9.17, 15) is 31.5 Å². The molecule has 1 aromatic heterocycles. The first kappa shape index (κ1) is 33.1. The van der Waals surface area contributed by atoms with Gasteiger partial charge in [-0.15, -0.1) is 0 Å². The molecule has 0 bridgehead atoms. The van der Waals surface area contributed by atoms with Crippen molar-refractivity contribution < 1.29 is 41.0 Å². The largest absolute Gasteiger partial charge is 0.448 e. The minimum absolute atomic E-state index is 0.121. The predicted octanol–water partition coefficient (Wildman–Crippen LogP) is 5.75. The molecule has 3 atom stereocenters. The number of nitrogens with one attached hydrogen (secondary N) is 3. The smallest absolute Gasteiger partial charge is 0.407 e. The summed E-state index contributed by atoms with van der Waals surface area (Å²) < 4.78 is 76.8. The van der Waals surface area contributed by atoms with Gasteiger partial charge in [-0.3, -0.25) is 9.78 Å². The highest BCUT2D eigenvalue weighted by Crippen LogP contribution is 2.31. The van der Waals surface area contributed by atoms with Crippen LogP contribution in [-0.4, -0.2) is 61.6 Å². The van der Waals surface area contributed by atoms with Gasteiger partial charge < -0.3 is 25.4 Å². The molecule has 0 spiro atoms. The molecule has 0 radical (unpaired) electrons. The molecule has 4 rings (SSSR count). The average molecular weight is 641 g/mol. The van der Waals surface area contributed by atoms with Crippen molar-refractivity contribution in [3.05, 3.63) is 94.3 Å². The van der Waals surface area contributed by atoms with Gasteiger partial charge in [-0.2, -0.15) is 13.2 Å². The third kappa shape index (κ3) is 9.86. The van der Waals surface area contributed by atoms with E-state index in [1.165, 1.54) is 24.4 Å². The summed E-state index contributed by atoms with van der Waals surface area (Å²) in [6.45, 7) is -1.24. The number of hydrogen-bond donors (Lipinski definition) is 3. The lowest BCUT2D eigenvalue weighted by Crippen LogP contribution is -2.49. The molecule has 2 aromatic carbocycles. The molecule has 1 aliphatic heterocycles. The zero-order chi connectivity index (χ0) is 31.7. The number of halogens is 6. The SMILES string of the molecule is O=C(C[C@@H](c1ccc(Cl)cc1)c1ccncc1F)Nc1cccc(F)c1CC[C@@H]1CN[C@H](COC(=O)NCC(F)(F)F)CO1. The molecule has 0 aliphatic carbocycles. The van der Waals surface area contributed by atoms with Crippen LogP contribution in [0.3, 0.4) is 0 Å². The summed E-state index contributed by atoms with van der Waals surface area (Å²) in [5.41, 5.74) is 1.50. The average Bonchev–Trinajstić information content (AvgIpc) is 2.98. The molecule has 3 aromatic rings. The second kappa shape index (κ2) is 15.3. The Morgan fingerprint density at radius 1 is 1.11 bits per heavy atom. The fourth-order valence-corrected chi connectivity index (χ4v) is 4.88. The molecule has 1 aliphatic rings. The molecule has 1 fully saturated rings. The van der Waals surface area contributed by atoms with Gasteiger partial charge in [0.2, 0.25) is 5.91 Å². The van der Waals surface area contributed by atoms with Gasteiger partial charge in [0, 0.05) is 41.4 Å². The van der Waals surface area contributed by atoms with Crippen molar-refractivity contribution in [1.82, 2.24) is 15.6 Å². The molecule has 3 N–H and O–H groups in total. The van der Waals surface area contributed by atoms with E-state index >= 15 is 0 Å². The van der Waals surface area contributed by atoms with Crippen LogP contribution in [0.25, 0.3) is 0 Å². The number of ether oxygens (including phenoxy) is 2. The van der Waals surface area contributed by atoms with E-state index in [2.05, 4.69) is 15.6 Å². The van der Waals surface area contributed by atoms with Gasteiger partial charge in [0.05, 0.1) is 24.9 Å². The number of alkyl halides is 3. The zero-order valence-electron chi connectivity index (χ0n) is 23.3. The van der Waals surface area contributed by atoms with Crippen LogP contribution in [0.2, 0.25) is 5.02 Å². The van der Waals surface area contributed by atoms with E-state index in [-0.39, 0.29) is 49.0 Å². The maximum atomic E-state index is 14.9. The minimum atomic E-state index is -4.54. The number of benzene rings is 2. The third-order valence-electron chi connectivity index (χ3n) is 6.97. The lowest BCUT2D eigenvalue weighted by atomic mass is 9.88. The van der Waals surface area contributed by atoms with Crippen LogP contribution in [-0.2, 0) is 20.7 Å². The van der Waals surface area contributed by atoms with E-state index in [1.54, 1.807) is 35.6 Å². The number of pyridine rings is 1. The van der Waals surface area contributed by atoms with Gasteiger partial charge in [0.15, 0.2) is 0 Å². The summed E-state index contributed by atoms with van der Waals surface area (Å²) in [7, 11) is 0. The topological polar surface area (TPSA) is 102 Å². The number of hydrogen-bond acceptors (Lipinski definition) is 6. The number of rotatable bonds is 11. The maximum absolute atomic E-state index is 14.9. The van der Waals surface area contributed by atoms with Crippen molar-refractivity contribution in [2.45, 2.75) is 43.5 Å². The van der Waals surface area contributed by atoms with E-state index in [4.69, 9.17) is 21.1 Å². The monoisotopic (exact) mass is 640 g/mol. The van der Waals surface area contributed by atoms with Gasteiger partial charge >= 0.3 is 12.3 Å². The number of carbonyl (C=O) groups excluding carboxylic acids is 2. The first-order valence-electron chi connectivity index (χ1n) is 13.7. The highest BCUT2D eigenvalue weighted by atomic mass is 35.5. The second-order valence-electron chi connectivity index (χ2n) is 10.2. The molecular weight excluding hydrogens is 611 g/mol. The molecule has 2 heterocycles. The van der Waals surface area contributed by atoms with Crippen molar-refractivity contribution in [2.75, 3.05) is 31.6 Å². The quantitative estimate of drug-likeness (QED) is 0.231. The van der Waals surface area contributed by atoms with Crippen molar-refractivity contribution in [3.8, 4) is 0 Å². The van der Waals surface area contributed by atoms with Gasteiger partial charge in [-0.1, -0.05) is 29.8 Å². The number of nitrogens with zero attached hydrogens (tertiary/aromatic N) is 1. The van der Waals surface area contributed by atoms with Crippen LogP contribution in [0.1, 0.15) is 35.4 Å². The number of morpholine rings is 1. The summed E-state index contributed by atoms with van der Waals surface area (Å²) in [6.07, 6.45) is -3.08. The Morgan fingerprint density at radius 2 is 1.89 bits per heavy atom. The number of alkyl carbamates (subject to hydrolysis) is 1. The van der Waals surface area contributed by atoms with Gasteiger partial charge in [0.25, 0.3) is 0 Å². The molecule has 44 heavy (non-hydrogen) atoms. The second-order valence-corrected chi connectivity index (χ2v) is 10.6. The Morgan fingerprint density at radius 3 is 2.57 bits per heavy atom. The van der Waals surface area contributed by atoms with Crippen molar-refractivity contribution in [3.63, 3.8) is 0 Å². The summed E-state index contributed by atoms with van der Waals surface area (Å²) in [5, 5.41) is 7.98. The zero-order valence-corrected chi connectivity index (χ0v) is 24.1. The molecule has 1 saturated heterocycles. The minimum Gasteiger partial charge on any atom is -0.448 e. The third-order valence-corrected chi connectivity index (χ3v) is 7.22. The fourth-order valence-electron chi connectivity index (χ4n) is 4.75. The Kier molecular flexibility index (Phi) is 11.5. The lowest BCUT2D eigenvalue weighted by Gasteiger charge is -2.30. The Balaban J connectivity index is 1.32. The van der Waals surface area contributed by atoms with Crippen LogP contribution in [0.4, 0.5) is 32.4 Å². The number of aromatic nitrogens is 1. The van der Waals surface area contributed by atoms with Gasteiger partial charge in [0.1, 0.15) is 24.8 Å².